The minimum atomic E-state index is -1.01. The number of pyridine rings is 2. The number of aromatic carboxylic acids is 1. The number of hydrogen-bond donors (Lipinski definition) is 3. The lowest BCUT2D eigenvalue weighted by atomic mass is 10.2. The molecule has 0 radical (unpaired) electrons. The summed E-state index contributed by atoms with van der Waals surface area (Å²) < 4.78 is 0. The van der Waals surface area contributed by atoms with E-state index in [4.69, 9.17) is 22.4 Å². The Hall–Kier alpha value is -2.67. The summed E-state index contributed by atoms with van der Waals surface area (Å²) in [6.45, 7) is 2.46. The Bertz CT molecular complexity index is 650. The number of halogens is 1. The van der Waals surface area contributed by atoms with E-state index in [1.165, 1.54) is 18.3 Å². The number of nitrogens with zero attached hydrogens (tertiary/aromatic N) is 2. The predicted octanol–water partition coefficient (Wildman–Crippen LogP) is 2.05. The molecule has 0 aliphatic heterocycles. The molecule has 0 aliphatic carbocycles. The van der Waals surface area contributed by atoms with Crippen LogP contribution in [-0.2, 0) is 0 Å². The van der Waals surface area contributed by atoms with Gasteiger partial charge in [0.15, 0.2) is 0 Å². The standard InChI is InChI=1S/C8H9ClN2O2.C6H6N2O/c1-2-10-7-5(8(12)13)3-4-6(9)11-7;7-6(9)5-2-1-3-8-4-5/h3-4H,2H2,1H3,(H,10,11)(H,12,13);1-4H,(H2,7,9). The van der Waals surface area contributed by atoms with Gasteiger partial charge in [-0.25, -0.2) is 9.78 Å². The molecule has 2 aromatic heterocycles. The van der Waals surface area contributed by atoms with E-state index in [1.54, 1.807) is 18.3 Å². The molecule has 8 heteroatoms. The summed E-state index contributed by atoms with van der Waals surface area (Å²) in [6.07, 6.45) is 3.02. The first-order valence-corrected chi connectivity index (χ1v) is 6.67. The maximum Gasteiger partial charge on any atom is 0.339 e. The second-order valence-electron chi connectivity index (χ2n) is 3.97. The van der Waals surface area contributed by atoms with E-state index in [9.17, 15) is 9.59 Å². The summed E-state index contributed by atoms with van der Waals surface area (Å²) in [6, 6.07) is 6.16. The van der Waals surface area contributed by atoms with E-state index < -0.39 is 11.9 Å². The first kappa shape index (κ1) is 17.4. The molecule has 0 unspecified atom stereocenters. The smallest absolute Gasteiger partial charge is 0.339 e. The first-order chi connectivity index (χ1) is 10.5. The van der Waals surface area contributed by atoms with Gasteiger partial charge in [-0.2, -0.15) is 0 Å². The molecule has 0 saturated heterocycles. The normalized spacial score (nSPS) is 9.36. The molecule has 2 aromatic rings. The molecule has 0 atom stereocenters. The largest absolute Gasteiger partial charge is 0.478 e. The van der Waals surface area contributed by atoms with Crippen LogP contribution >= 0.6 is 11.6 Å². The quantitative estimate of drug-likeness (QED) is 0.741. The Labute approximate surface area is 132 Å². The molecule has 0 spiro atoms. The molecule has 116 valence electrons. The zero-order chi connectivity index (χ0) is 16.5. The van der Waals surface area contributed by atoms with Crippen LogP contribution in [0.1, 0.15) is 27.6 Å². The van der Waals surface area contributed by atoms with Crippen molar-refractivity contribution in [3.05, 3.63) is 52.9 Å². The summed E-state index contributed by atoms with van der Waals surface area (Å²) in [5.74, 6) is -1.15. The molecule has 1 amide bonds. The summed E-state index contributed by atoms with van der Waals surface area (Å²) >= 11 is 5.61. The first-order valence-electron chi connectivity index (χ1n) is 6.29. The maximum atomic E-state index is 10.7. The van der Waals surface area contributed by atoms with Gasteiger partial charge >= 0.3 is 5.97 Å². The Morgan fingerprint density at radius 3 is 2.55 bits per heavy atom. The van der Waals surface area contributed by atoms with Gasteiger partial charge in [0.1, 0.15) is 16.5 Å². The molecule has 2 rings (SSSR count). The van der Waals surface area contributed by atoms with E-state index in [0.29, 0.717) is 17.9 Å². The molecule has 2 heterocycles. The van der Waals surface area contributed by atoms with Crippen LogP contribution in [0.25, 0.3) is 0 Å². The van der Waals surface area contributed by atoms with E-state index in [1.807, 2.05) is 6.92 Å². The van der Waals surface area contributed by atoms with Crippen molar-refractivity contribution in [2.45, 2.75) is 6.92 Å². The second kappa shape index (κ2) is 8.58. The van der Waals surface area contributed by atoms with Gasteiger partial charge in [-0.15, -0.1) is 0 Å². The Morgan fingerprint density at radius 1 is 1.36 bits per heavy atom. The van der Waals surface area contributed by atoms with Gasteiger partial charge in [-0.3, -0.25) is 9.78 Å². The maximum absolute atomic E-state index is 10.7. The molecule has 0 aromatic carbocycles. The third-order valence-electron chi connectivity index (χ3n) is 2.38. The fraction of sp³-hybridized carbons (Fsp3) is 0.143. The minimum absolute atomic E-state index is 0.131. The average Bonchev–Trinajstić information content (AvgIpc) is 2.49. The highest BCUT2D eigenvalue weighted by atomic mass is 35.5. The zero-order valence-electron chi connectivity index (χ0n) is 11.8. The third kappa shape index (κ3) is 5.37. The molecule has 0 saturated carbocycles. The molecule has 4 N–H and O–H groups in total. The van der Waals surface area contributed by atoms with Crippen molar-refractivity contribution in [1.29, 1.82) is 0 Å². The highest BCUT2D eigenvalue weighted by Gasteiger charge is 2.10. The number of carbonyl (C=O) groups excluding carboxylic acids is 1. The molecule has 22 heavy (non-hydrogen) atoms. The van der Waals surface area contributed by atoms with Crippen LogP contribution in [0, 0.1) is 0 Å². The van der Waals surface area contributed by atoms with E-state index in [2.05, 4.69) is 15.3 Å². The minimum Gasteiger partial charge on any atom is -0.478 e. The van der Waals surface area contributed by atoms with Crippen molar-refractivity contribution >= 4 is 29.3 Å². The van der Waals surface area contributed by atoms with E-state index in [0.717, 1.165) is 0 Å². The highest BCUT2D eigenvalue weighted by molar-refractivity contribution is 6.29. The number of nitrogens with one attached hydrogen (secondary N) is 1. The van der Waals surface area contributed by atoms with Crippen molar-refractivity contribution < 1.29 is 14.7 Å². The van der Waals surface area contributed by atoms with Crippen LogP contribution in [0.15, 0.2) is 36.7 Å². The van der Waals surface area contributed by atoms with Gasteiger partial charge in [0.25, 0.3) is 0 Å². The molecular weight excluding hydrogens is 308 g/mol. The number of aromatic nitrogens is 2. The number of carboxylic acids is 1. The lowest BCUT2D eigenvalue weighted by molar-refractivity contribution is 0.0697. The number of amides is 1. The Balaban J connectivity index is 0.000000235. The number of primary amides is 1. The molecule has 0 aliphatic rings. The van der Waals surface area contributed by atoms with Crippen molar-refractivity contribution in [2.75, 3.05) is 11.9 Å². The summed E-state index contributed by atoms with van der Waals surface area (Å²) in [5, 5.41) is 11.9. The molecule has 0 fully saturated rings. The topological polar surface area (TPSA) is 118 Å². The third-order valence-corrected chi connectivity index (χ3v) is 2.59. The van der Waals surface area contributed by atoms with Crippen LogP contribution < -0.4 is 11.1 Å². The Morgan fingerprint density at radius 2 is 2.09 bits per heavy atom. The molecular formula is C14H15ClN4O3. The van der Waals surface area contributed by atoms with Gasteiger partial charge in [0, 0.05) is 18.9 Å². The molecule has 7 nitrogen and oxygen atoms in total. The average molecular weight is 323 g/mol. The number of carbonyl (C=O) groups is 2. The Kier molecular flexibility index (Phi) is 6.78. The van der Waals surface area contributed by atoms with Crippen LogP contribution in [0.5, 0.6) is 0 Å². The summed E-state index contributed by atoms with van der Waals surface area (Å²) in [4.78, 5) is 28.6. The van der Waals surface area contributed by atoms with Gasteiger partial charge in [-0.1, -0.05) is 11.6 Å². The van der Waals surface area contributed by atoms with Gasteiger partial charge in [-0.05, 0) is 31.2 Å². The monoisotopic (exact) mass is 322 g/mol. The van der Waals surface area contributed by atoms with Crippen molar-refractivity contribution in [3.8, 4) is 0 Å². The SMILES string of the molecule is CCNc1nc(Cl)ccc1C(=O)O.NC(=O)c1cccnc1. The van der Waals surface area contributed by atoms with Crippen LogP contribution in [0.3, 0.4) is 0 Å². The molecule has 0 bridgehead atoms. The number of hydrogen-bond acceptors (Lipinski definition) is 5. The lowest BCUT2D eigenvalue weighted by Crippen LogP contribution is -2.10. The number of rotatable bonds is 4. The van der Waals surface area contributed by atoms with Crippen molar-refractivity contribution in [3.63, 3.8) is 0 Å². The predicted molar refractivity (Wildman–Crippen MR) is 83.1 cm³/mol. The number of anilines is 1. The summed E-state index contributed by atoms with van der Waals surface area (Å²) in [7, 11) is 0. The van der Waals surface area contributed by atoms with Crippen LogP contribution in [0.4, 0.5) is 5.82 Å². The van der Waals surface area contributed by atoms with E-state index in [-0.39, 0.29) is 10.7 Å². The van der Waals surface area contributed by atoms with Crippen LogP contribution in [0.2, 0.25) is 5.15 Å². The van der Waals surface area contributed by atoms with Gasteiger partial charge in [0.2, 0.25) is 5.91 Å². The number of nitrogens with two attached hydrogens (primary N) is 1. The number of carboxylic acid groups (broad SMARTS) is 1. The summed E-state index contributed by atoms with van der Waals surface area (Å²) in [5.41, 5.74) is 5.51. The van der Waals surface area contributed by atoms with Gasteiger partial charge in [0.05, 0.1) is 5.56 Å². The fourth-order valence-electron chi connectivity index (χ4n) is 1.42. The van der Waals surface area contributed by atoms with Crippen molar-refractivity contribution in [1.82, 2.24) is 9.97 Å². The van der Waals surface area contributed by atoms with Gasteiger partial charge < -0.3 is 16.2 Å². The highest BCUT2D eigenvalue weighted by Crippen LogP contribution is 2.16. The van der Waals surface area contributed by atoms with Crippen molar-refractivity contribution in [2.24, 2.45) is 5.73 Å². The second-order valence-corrected chi connectivity index (χ2v) is 4.36. The fourth-order valence-corrected chi connectivity index (χ4v) is 1.57. The lowest BCUT2D eigenvalue weighted by Gasteiger charge is -2.05. The zero-order valence-corrected chi connectivity index (χ0v) is 12.5. The van der Waals surface area contributed by atoms with Crippen LogP contribution in [-0.4, -0.2) is 33.5 Å². The van der Waals surface area contributed by atoms with E-state index >= 15 is 0 Å².